The van der Waals surface area contributed by atoms with E-state index in [2.05, 4.69) is 4.98 Å². The molecule has 2 aromatic rings. The van der Waals surface area contributed by atoms with Gasteiger partial charge in [-0.15, -0.1) is 0 Å². The predicted molar refractivity (Wildman–Crippen MR) is 89.5 cm³/mol. The van der Waals surface area contributed by atoms with Crippen LogP contribution in [0.25, 0.3) is 0 Å². The summed E-state index contributed by atoms with van der Waals surface area (Å²) in [6, 6.07) is 5.20. The van der Waals surface area contributed by atoms with Crippen LogP contribution in [0.5, 0.6) is 0 Å². The van der Waals surface area contributed by atoms with E-state index >= 15 is 0 Å². The van der Waals surface area contributed by atoms with Crippen LogP contribution in [0.4, 0.5) is 0 Å². The summed E-state index contributed by atoms with van der Waals surface area (Å²) >= 11 is 11.5. The fraction of sp³-hybridized carbons (Fsp3) is 0.235. The van der Waals surface area contributed by atoms with Gasteiger partial charge in [-0.05, 0) is 38.0 Å². The van der Waals surface area contributed by atoms with E-state index in [-0.39, 0.29) is 28.1 Å². The second-order valence-corrected chi connectivity index (χ2v) is 6.03. The summed E-state index contributed by atoms with van der Waals surface area (Å²) in [6.45, 7) is 5.34. The number of benzene rings is 1. The van der Waals surface area contributed by atoms with Crippen molar-refractivity contribution in [1.29, 1.82) is 0 Å². The van der Waals surface area contributed by atoms with Gasteiger partial charge in [0.05, 0.1) is 10.6 Å². The zero-order valence-corrected chi connectivity index (χ0v) is 14.5. The molecule has 0 radical (unpaired) electrons. The fourth-order valence-electron chi connectivity index (χ4n) is 2.44. The molecule has 23 heavy (non-hydrogen) atoms. The average Bonchev–Trinajstić information content (AvgIpc) is 2.46. The van der Waals surface area contributed by atoms with Gasteiger partial charge in [0.2, 0.25) is 5.78 Å². The summed E-state index contributed by atoms with van der Waals surface area (Å²) in [6.07, 6.45) is 1.25. The normalized spacial score (nSPS) is 10.5. The van der Waals surface area contributed by atoms with Crippen molar-refractivity contribution in [2.45, 2.75) is 20.8 Å². The summed E-state index contributed by atoms with van der Waals surface area (Å²) in [5.41, 5.74) is 3.52. The van der Waals surface area contributed by atoms with E-state index in [1.807, 2.05) is 32.9 Å². The second-order valence-electron chi connectivity index (χ2n) is 5.27. The van der Waals surface area contributed by atoms with E-state index < -0.39 is 5.97 Å². The SMILES string of the molecule is Cc1cc(C)c(C(=O)COC(=O)c2cnc(Cl)c(Cl)c2)c(C)c1. The molecule has 0 unspecified atom stereocenters. The van der Waals surface area contributed by atoms with Gasteiger partial charge in [0.25, 0.3) is 0 Å². The van der Waals surface area contributed by atoms with Crippen LogP contribution in [0.3, 0.4) is 0 Å². The van der Waals surface area contributed by atoms with Crippen molar-refractivity contribution in [3.8, 4) is 0 Å². The van der Waals surface area contributed by atoms with Gasteiger partial charge in [0.15, 0.2) is 6.61 Å². The molecule has 0 N–H and O–H groups in total. The Hall–Kier alpha value is -1.91. The number of ketones is 1. The third-order valence-electron chi connectivity index (χ3n) is 3.32. The van der Waals surface area contributed by atoms with E-state index in [1.54, 1.807) is 0 Å². The number of ether oxygens (including phenoxy) is 1. The lowest BCUT2D eigenvalue weighted by Crippen LogP contribution is -2.16. The molecule has 0 aliphatic rings. The highest BCUT2D eigenvalue weighted by Crippen LogP contribution is 2.20. The Labute approximate surface area is 144 Å². The van der Waals surface area contributed by atoms with Gasteiger partial charge in [-0.3, -0.25) is 4.79 Å². The molecular weight excluding hydrogens is 337 g/mol. The Morgan fingerprint density at radius 2 is 1.70 bits per heavy atom. The van der Waals surface area contributed by atoms with Crippen molar-refractivity contribution >= 4 is 35.0 Å². The summed E-state index contributed by atoms with van der Waals surface area (Å²) < 4.78 is 5.05. The molecule has 1 heterocycles. The van der Waals surface area contributed by atoms with E-state index in [4.69, 9.17) is 27.9 Å². The summed E-state index contributed by atoms with van der Waals surface area (Å²) in [4.78, 5) is 28.0. The highest BCUT2D eigenvalue weighted by molar-refractivity contribution is 6.41. The molecule has 2 rings (SSSR count). The molecule has 1 aromatic heterocycles. The van der Waals surface area contributed by atoms with Crippen LogP contribution in [0, 0.1) is 20.8 Å². The quantitative estimate of drug-likeness (QED) is 0.466. The molecule has 120 valence electrons. The summed E-state index contributed by atoms with van der Waals surface area (Å²) in [5, 5.41) is 0.253. The zero-order valence-electron chi connectivity index (χ0n) is 12.9. The molecule has 0 spiro atoms. The lowest BCUT2D eigenvalue weighted by Gasteiger charge is -2.11. The largest absolute Gasteiger partial charge is 0.454 e. The topological polar surface area (TPSA) is 56.3 Å². The zero-order chi connectivity index (χ0) is 17.1. The molecule has 4 nitrogen and oxygen atoms in total. The fourth-order valence-corrected chi connectivity index (χ4v) is 2.71. The molecule has 0 aliphatic carbocycles. The van der Waals surface area contributed by atoms with Crippen molar-refractivity contribution in [3.63, 3.8) is 0 Å². The number of Topliss-reactive ketones (excluding diaryl/α,β-unsaturated/α-hetero) is 1. The van der Waals surface area contributed by atoms with Crippen molar-refractivity contribution in [3.05, 3.63) is 62.4 Å². The molecule has 0 aliphatic heterocycles. The summed E-state index contributed by atoms with van der Waals surface area (Å²) in [7, 11) is 0. The molecular formula is C17H15Cl2NO3. The number of carbonyl (C=O) groups is 2. The number of aryl methyl sites for hydroxylation is 3. The van der Waals surface area contributed by atoms with Crippen LogP contribution >= 0.6 is 23.2 Å². The van der Waals surface area contributed by atoms with E-state index in [0.717, 1.165) is 16.7 Å². The van der Waals surface area contributed by atoms with Gasteiger partial charge in [-0.25, -0.2) is 9.78 Å². The van der Waals surface area contributed by atoms with Crippen LogP contribution in [-0.4, -0.2) is 23.3 Å². The monoisotopic (exact) mass is 351 g/mol. The van der Waals surface area contributed by atoms with Crippen molar-refractivity contribution in [2.75, 3.05) is 6.61 Å². The number of nitrogens with zero attached hydrogens (tertiary/aromatic N) is 1. The van der Waals surface area contributed by atoms with Crippen molar-refractivity contribution in [2.24, 2.45) is 0 Å². The number of aromatic nitrogens is 1. The number of hydrogen-bond acceptors (Lipinski definition) is 4. The maximum Gasteiger partial charge on any atom is 0.340 e. The average molecular weight is 352 g/mol. The van der Waals surface area contributed by atoms with Crippen LogP contribution in [-0.2, 0) is 4.74 Å². The number of hydrogen-bond donors (Lipinski definition) is 0. The lowest BCUT2D eigenvalue weighted by molar-refractivity contribution is 0.0474. The second kappa shape index (κ2) is 7.11. The first-order valence-corrected chi connectivity index (χ1v) is 7.64. The molecule has 6 heteroatoms. The molecule has 0 amide bonds. The maximum absolute atomic E-state index is 12.3. The van der Waals surface area contributed by atoms with Gasteiger partial charge in [-0.1, -0.05) is 40.9 Å². The van der Waals surface area contributed by atoms with Gasteiger partial charge in [0.1, 0.15) is 5.15 Å². The molecule has 0 atom stereocenters. The van der Waals surface area contributed by atoms with Crippen LogP contribution < -0.4 is 0 Å². The van der Waals surface area contributed by atoms with Crippen molar-refractivity contribution < 1.29 is 14.3 Å². The van der Waals surface area contributed by atoms with Gasteiger partial charge < -0.3 is 4.74 Å². The first-order valence-electron chi connectivity index (χ1n) is 6.89. The standard InChI is InChI=1S/C17H15Cl2NO3/c1-9-4-10(2)15(11(3)5-9)14(21)8-23-17(22)12-6-13(18)16(19)20-7-12/h4-7H,8H2,1-3H3. The maximum atomic E-state index is 12.3. The minimum Gasteiger partial charge on any atom is -0.454 e. The Morgan fingerprint density at radius 1 is 1.09 bits per heavy atom. The van der Waals surface area contributed by atoms with Gasteiger partial charge in [0, 0.05) is 11.8 Å². The first-order chi connectivity index (χ1) is 10.8. The molecule has 0 saturated heterocycles. The molecule has 0 fully saturated rings. The Bertz CT molecular complexity index is 764. The van der Waals surface area contributed by atoms with Crippen LogP contribution in [0.2, 0.25) is 10.2 Å². The number of halogens is 2. The smallest absolute Gasteiger partial charge is 0.340 e. The molecule has 1 aromatic carbocycles. The molecule has 0 saturated carbocycles. The number of carbonyl (C=O) groups excluding carboxylic acids is 2. The Morgan fingerprint density at radius 3 is 2.26 bits per heavy atom. The predicted octanol–water partition coefficient (Wildman–Crippen LogP) is 4.35. The van der Waals surface area contributed by atoms with Crippen LogP contribution in [0.15, 0.2) is 24.4 Å². The Kier molecular flexibility index (Phi) is 5.39. The number of esters is 1. The highest BCUT2D eigenvalue weighted by Gasteiger charge is 2.17. The third-order valence-corrected chi connectivity index (χ3v) is 4.01. The third kappa shape index (κ3) is 4.09. The minimum atomic E-state index is -0.674. The van der Waals surface area contributed by atoms with E-state index in [0.29, 0.717) is 5.56 Å². The summed E-state index contributed by atoms with van der Waals surface area (Å²) in [5.74, 6) is -0.923. The number of pyridine rings is 1. The van der Waals surface area contributed by atoms with Gasteiger partial charge in [-0.2, -0.15) is 0 Å². The van der Waals surface area contributed by atoms with Crippen LogP contribution in [0.1, 0.15) is 37.4 Å². The minimum absolute atomic E-state index is 0.102. The van der Waals surface area contributed by atoms with Gasteiger partial charge >= 0.3 is 5.97 Å². The van der Waals surface area contributed by atoms with Crippen molar-refractivity contribution in [1.82, 2.24) is 4.98 Å². The Balaban J connectivity index is 2.10. The van der Waals surface area contributed by atoms with E-state index in [1.165, 1.54) is 12.3 Å². The van der Waals surface area contributed by atoms with E-state index in [9.17, 15) is 9.59 Å². The lowest BCUT2D eigenvalue weighted by atomic mass is 9.97. The molecule has 0 bridgehead atoms. The highest BCUT2D eigenvalue weighted by atomic mass is 35.5. The number of rotatable bonds is 4. The first kappa shape index (κ1) is 17.4.